The molecule has 58 heavy (non-hydrogen) atoms. The van der Waals surface area contributed by atoms with E-state index in [4.69, 9.17) is 10.8 Å². The molecule has 2 rings (SSSR count). The maximum atomic E-state index is 14.2. The zero-order valence-electron chi connectivity index (χ0n) is 35.1. The molecule has 0 aromatic heterocycles. The molecular weight excluding hydrogens is 771 g/mol. The topological polar surface area (TPSA) is 258 Å². The number of carboxylic acid groups (broad SMARTS) is 2. The van der Waals surface area contributed by atoms with Crippen LogP contribution in [0.5, 0.6) is 0 Å². The predicted octanol–water partition coefficient (Wildman–Crippen LogP) is 0.861. The van der Waals surface area contributed by atoms with Gasteiger partial charge in [-0.05, 0) is 30.9 Å². The second-order valence-corrected chi connectivity index (χ2v) is 17.7. The molecular formula is C40H61N7O10S. The van der Waals surface area contributed by atoms with Gasteiger partial charge in [0, 0.05) is 43.3 Å². The first-order chi connectivity index (χ1) is 26.8. The second kappa shape index (κ2) is 21.3. The highest BCUT2D eigenvalue weighted by Gasteiger charge is 2.42. The summed E-state index contributed by atoms with van der Waals surface area (Å²) in [5, 5.41) is 28.7. The van der Waals surface area contributed by atoms with Crippen molar-refractivity contribution in [2.24, 2.45) is 17.1 Å². The Balaban J connectivity index is 2.19. The SMILES string of the molecule is CN[C@H](C(=O)NC(C(=O)N(C)[C@H](/C=C(\C)C(=O)N[C@H](CC(=O)O)C(=O)NCCN1C(=O)CC(SC[C@H](N)C(=O)O)C1=O)C(C)C)C(C)(C)C)C(C)(C)c1ccccc1. The van der Waals surface area contributed by atoms with E-state index in [9.17, 15) is 43.5 Å². The minimum atomic E-state index is -1.53. The summed E-state index contributed by atoms with van der Waals surface area (Å²) in [5.41, 5.74) is 5.16. The van der Waals surface area contributed by atoms with Crippen LogP contribution in [0.3, 0.4) is 0 Å². The Kier molecular flexibility index (Phi) is 18.1. The number of imide groups is 1. The van der Waals surface area contributed by atoms with Crippen molar-refractivity contribution < 1.29 is 48.6 Å². The van der Waals surface area contributed by atoms with Crippen molar-refractivity contribution in [2.45, 2.75) is 109 Å². The van der Waals surface area contributed by atoms with Crippen molar-refractivity contribution >= 4 is 59.1 Å². The number of likely N-dealkylation sites (tertiary alicyclic amines) is 1. The van der Waals surface area contributed by atoms with Gasteiger partial charge in [-0.2, -0.15) is 0 Å². The molecule has 0 bridgehead atoms. The fourth-order valence-corrected chi connectivity index (χ4v) is 7.65. The lowest BCUT2D eigenvalue weighted by Crippen LogP contribution is -2.61. The van der Waals surface area contributed by atoms with Gasteiger partial charge < -0.3 is 42.1 Å². The van der Waals surface area contributed by atoms with Crippen molar-refractivity contribution in [2.75, 3.05) is 32.9 Å². The Bertz CT molecular complexity index is 1710. The van der Waals surface area contributed by atoms with Crippen molar-refractivity contribution in [3.8, 4) is 0 Å². The average molecular weight is 832 g/mol. The van der Waals surface area contributed by atoms with E-state index in [-0.39, 0.29) is 42.7 Å². The molecule has 1 saturated heterocycles. The Morgan fingerprint density at radius 3 is 2.10 bits per heavy atom. The van der Waals surface area contributed by atoms with Gasteiger partial charge in [-0.15, -0.1) is 11.8 Å². The largest absolute Gasteiger partial charge is 0.481 e. The summed E-state index contributed by atoms with van der Waals surface area (Å²) < 4.78 is 0. The number of rotatable bonds is 21. The van der Waals surface area contributed by atoms with Crippen LogP contribution in [0.15, 0.2) is 42.0 Å². The zero-order valence-corrected chi connectivity index (χ0v) is 35.9. The number of carbonyl (C=O) groups is 8. The molecule has 0 saturated carbocycles. The number of aliphatic carboxylic acids is 2. The van der Waals surface area contributed by atoms with E-state index < -0.39 is 94.2 Å². The Morgan fingerprint density at radius 2 is 1.59 bits per heavy atom. The molecule has 18 heteroatoms. The Hall–Kier alpha value is -4.81. The number of carbonyl (C=O) groups excluding carboxylic acids is 6. The number of nitrogens with zero attached hydrogens (tertiary/aromatic N) is 2. The molecule has 6 amide bonds. The summed E-state index contributed by atoms with van der Waals surface area (Å²) in [6, 6.07) is 4.50. The third kappa shape index (κ3) is 13.4. The highest BCUT2D eigenvalue weighted by Crippen LogP contribution is 2.29. The minimum absolute atomic E-state index is 0.0836. The van der Waals surface area contributed by atoms with E-state index >= 15 is 0 Å². The summed E-state index contributed by atoms with van der Waals surface area (Å²) in [7, 11) is 3.26. The number of likely N-dealkylation sites (N-methyl/N-ethyl adjacent to an activating group) is 2. The molecule has 8 N–H and O–H groups in total. The van der Waals surface area contributed by atoms with Crippen LogP contribution in [0.25, 0.3) is 0 Å². The fraction of sp³-hybridized carbons (Fsp3) is 0.600. The second-order valence-electron chi connectivity index (χ2n) is 16.4. The van der Waals surface area contributed by atoms with Gasteiger partial charge in [-0.25, -0.2) is 0 Å². The average Bonchev–Trinajstić information content (AvgIpc) is 3.41. The Labute approximate surface area is 344 Å². The van der Waals surface area contributed by atoms with Gasteiger partial charge in [0.05, 0.1) is 23.8 Å². The van der Waals surface area contributed by atoms with E-state index in [2.05, 4.69) is 21.3 Å². The molecule has 0 spiro atoms. The number of nitrogens with one attached hydrogen (secondary N) is 4. The normalized spacial score (nSPS) is 17.6. The first-order valence-electron chi connectivity index (χ1n) is 19.1. The lowest BCUT2D eigenvalue weighted by Gasteiger charge is -2.40. The number of hydrogen-bond donors (Lipinski definition) is 7. The van der Waals surface area contributed by atoms with Crippen LogP contribution < -0.4 is 27.0 Å². The fourth-order valence-electron chi connectivity index (χ4n) is 6.54. The standard InChI is InChI=1S/C40H61N7O10S/c1-22(2)27(46(10)37(55)32(39(4,5)6)45-35(53)31(42-9)40(7,8)24-14-12-11-13-15-24)18-23(3)33(51)44-26(19-30(49)50)34(52)43-16-17-47-29(48)20-28(36(47)54)58-21-25(41)38(56)57/h11-15,18,22,25-28,31-32,42H,16-17,19-21,41H2,1-10H3,(H,43,52)(H,44,51)(H,45,53)(H,49,50)(H,56,57)/b23-18+/t25-,26+,27+,28?,31+,32?/m0/s1. The molecule has 0 radical (unpaired) electrons. The molecule has 1 heterocycles. The van der Waals surface area contributed by atoms with Crippen LogP contribution in [0.4, 0.5) is 0 Å². The summed E-state index contributed by atoms with van der Waals surface area (Å²) in [5.74, 6) is -6.41. The summed E-state index contributed by atoms with van der Waals surface area (Å²) in [6.45, 7) is 14.1. The van der Waals surface area contributed by atoms with Gasteiger partial charge >= 0.3 is 11.9 Å². The number of nitrogens with two attached hydrogens (primary N) is 1. The highest BCUT2D eigenvalue weighted by molar-refractivity contribution is 8.00. The number of benzene rings is 1. The van der Waals surface area contributed by atoms with E-state index in [1.165, 1.54) is 11.8 Å². The smallest absolute Gasteiger partial charge is 0.321 e. The number of thioether (sulfide) groups is 1. The van der Waals surface area contributed by atoms with E-state index in [0.717, 1.165) is 22.2 Å². The third-order valence-corrected chi connectivity index (χ3v) is 11.4. The number of hydrogen-bond acceptors (Lipinski definition) is 11. The monoisotopic (exact) mass is 831 g/mol. The molecule has 2 unspecified atom stereocenters. The van der Waals surface area contributed by atoms with Crippen LogP contribution in [-0.4, -0.2) is 136 Å². The van der Waals surface area contributed by atoms with Crippen molar-refractivity contribution in [1.29, 1.82) is 0 Å². The summed E-state index contributed by atoms with van der Waals surface area (Å²) >= 11 is 0.948. The maximum absolute atomic E-state index is 14.2. The van der Waals surface area contributed by atoms with Gasteiger partial charge in [0.25, 0.3) is 0 Å². The number of carboxylic acids is 2. The maximum Gasteiger partial charge on any atom is 0.321 e. The van der Waals surface area contributed by atoms with Gasteiger partial charge in [0.15, 0.2) is 0 Å². The molecule has 1 aliphatic heterocycles. The molecule has 1 aromatic rings. The van der Waals surface area contributed by atoms with Gasteiger partial charge in [0.1, 0.15) is 18.1 Å². The van der Waals surface area contributed by atoms with Crippen molar-refractivity contribution in [1.82, 2.24) is 31.1 Å². The molecule has 322 valence electrons. The van der Waals surface area contributed by atoms with Crippen LogP contribution in [0.1, 0.15) is 73.8 Å². The first-order valence-corrected chi connectivity index (χ1v) is 20.1. The molecule has 6 atom stereocenters. The van der Waals surface area contributed by atoms with Gasteiger partial charge in [-0.1, -0.05) is 84.9 Å². The van der Waals surface area contributed by atoms with Gasteiger partial charge in [0.2, 0.25) is 35.4 Å². The summed E-state index contributed by atoms with van der Waals surface area (Å²) in [4.78, 5) is 105. The lowest BCUT2D eigenvalue weighted by atomic mass is 9.76. The first kappa shape index (κ1) is 49.3. The molecule has 0 aliphatic carbocycles. The lowest BCUT2D eigenvalue weighted by molar-refractivity contribution is -0.141. The number of amides is 6. The highest BCUT2D eigenvalue weighted by atomic mass is 32.2. The quantitative estimate of drug-likeness (QED) is 0.0671. The van der Waals surface area contributed by atoms with Crippen LogP contribution in [0, 0.1) is 11.3 Å². The van der Waals surface area contributed by atoms with Crippen LogP contribution in [-0.2, 0) is 43.8 Å². The van der Waals surface area contributed by atoms with Gasteiger partial charge in [-0.3, -0.25) is 43.3 Å². The van der Waals surface area contributed by atoms with Crippen LogP contribution >= 0.6 is 11.8 Å². The molecule has 1 aromatic carbocycles. The molecule has 1 aliphatic rings. The van der Waals surface area contributed by atoms with E-state index in [1.54, 1.807) is 20.2 Å². The minimum Gasteiger partial charge on any atom is -0.481 e. The third-order valence-electron chi connectivity index (χ3n) is 10.1. The van der Waals surface area contributed by atoms with Crippen LogP contribution in [0.2, 0.25) is 0 Å². The molecule has 17 nitrogen and oxygen atoms in total. The van der Waals surface area contributed by atoms with Crippen molar-refractivity contribution in [3.63, 3.8) is 0 Å². The Morgan fingerprint density at radius 1 is 0.983 bits per heavy atom. The van der Waals surface area contributed by atoms with E-state index in [0.29, 0.717) is 0 Å². The summed E-state index contributed by atoms with van der Waals surface area (Å²) in [6.07, 6.45) is 0.607. The van der Waals surface area contributed by atoms with Crippen molar-refractivity contribution in [3.05, 3.63) is 47.5 Å². The zero-order chi connectivity index (χ0) is 44.3. The molecule has 1 fully saturated rings. The van der Waals surface area contributed by atoms with E-state index in [1.807, 2.05) is 78.8 Å². The predicted molar refractivity (Wildman–Crippen MR) is 219 cm³/mol.